The molecule has 4 rings (SSSR count). The van der Waals surface area contributed by atoms with Gasteiger partial charge in [0.2, 0.25) is 17.6 Å². The van der Waals surface area contributed by atoms with Crippen molar-refractivity contribution in [3.63, 3.8) is 0 Å². The Bertz CT molecular complexity index is 1100. The van der Waals surface area contributed by atoms with Crippen LogP contribution in [0.2, 0.25) is 0 Å². The first-order valence-corrected chi connectivity index (χ1v) is 10.9. The van der Waals surface area contributed by atoms with Gasteiger partial charge < -0.3 is 14.8 Å². The minimum atomic E-state index is -1.10. The number of rotatable bonds is 3. The number of amides is 2. The third-order valence-electron chi connectivity index (χ3n) is 6.15. The largest absolute Gasteiger partial charge is 0.432 e. The van der Waals surface area contributed by atoms with Crippen LogP contribution in [0.3, 0.4) is 0 Å². The zero-order valence-corrected chi connectivity index (χ0v) is 19.4. The lowest BCUT2D eigenvalue weighted by atomic mass is 9.79. The highest BCUT2D eigenvalue weighted by Gasteiger charge is 2.53. The Morgan fingerprint density at radius 3 is 2.44 bits per heavy atom. The van der Waals surface area contributed by atoms with Gasteiger partial charge >= 0.3 is 5.97 Å². The van der Waals surface area contributed by atoms with Crippen LogP contribution in [0.1, 0.15) is 40.2 Å². The molecular formula is C25H30N2O5. The fourth-order valence-electron chi connectivity index (χ4n) is 4.81. The number of carbonyl (C=O) groups excluding carboxylic acids is 3. The molecule has 3 atom stereocenters. The second kappa shape index (κ2) is 7.59. The standard InChI is InChI=1S/C25H30N2O5/c1-24(2,3)20(21(28)26-6)27-18-15(12-11-14-9-7-8-10-16(14)18)13-17(22(27)29)19-23(30)32-25(4,5)31-19/h7-12,17,19-20H,13H2,1-6H3,(H,26,28)/t17-,19+,20-/m1/s1. The van der Waals surface area contributed by atoms with Gasteiger partial charge in [0, 0.05) is 26.3 Å². The van der Waals surface area contributed by atoms with Gasteiger partial charge in [-0.2, -0.15) is 0 Å². The maximum Gasteiger partial charge on any atom is 0.338 e. The summed E-state index contributed by atoms with van der Waals surface area (Å²) in [7, 11) is 1.57. The fraction of sp³-hybridized carbons (Fsp3) is 0.480. The van der Waals surface area contributed by atoms with Crippen LogP contribution in [0.15, 0.2) is 36.4 Å². The molecule has 1 N–H and O–H groups in total. The maximum atomic E-state index is 14.0. The van der Waals surface area contributed by atoms with Crippen molar-refractivity contribution in [2.75, 3.05) is 11.9 Å². The second-order valence-electron chi connectivity index (χ2n) is 10.1. The molecule has 0 bridgehead atoms. The zero-order chi connectivity index (χ0) is 23.4. The van der Waals surface area contributed by atoms with Gasteiger partial charge in [0.05, 0.1) is 11.6 Å². The average molecular weight is 439 g/mol. The number of benzene rings is 2. The van der Waals surface area contributed by atoms with E-state index in [4.69, 9.17) is 9.47 Å². The van der Waals surface area contributed by atoms with Crippen LogP contribution in [-0.2, 0) is 30.3 Å². The molecule has 0 spiro atoms. The number of likely N-dealkylation sites (N-methyl/N-ethyl adjacent to an activating group) is 1. The normalized spacial score (nSPS) is 23.6. The average Bonchev–Trinajstić information content (AvgIpc) is 3.00. The van der Waals surface area contributed by atoms with Crippen molar-refractivity contribution in [1.29, 1.82) is 0 Å². The summed E-state index contributed by atoms with van der Waals surface area (Å²) in [6.07, 6.45) is -0.694. The highest BCUT2D eigenvalue weighted by Crippen LogP contribution is 2.44. The van der Waals surface area contributed by atoms with Crippen LogP contribution in [-0.4, -0.2) is 42.8 Å². The summed E-state index contributed by atoms with van der Waals surface area (Å²) in [5.41, 5.74) is 1.05. The number of nitrogens with zero attached hydrogens (tertiary/aromatic N) is 1. The van der Waals surface area contributed by atoms with E-state index in [1.165, 1.54) is 0 Å². The van der Waals surface area contributed by atoms with Crippen LogP contribution in [0.5, 0.6) is 0 Å². The van der Waals surface area contributed by atoms with Gasteiger partial charge in [-0.05, 0) is 22.8 Å². The lowest BCUT2D eigenvalue weighted by Crippen LogP contribution is -2.60. The minimum Gasteiger partial charge on any atom is -0.432 e. The van der Waals surface area contributed by atoms with Gasteiger partial charge in [0.25, 0.3) is 0 Å². The van der Waals surface area contributed by atoms with Crippen molar-refractivity contribution in [1.82, 2.24) is 5.32 Å². The number of ether oxygens (including phenoxy) is 2. The van der Waals surface area contributed by atoms with Gasteiger partial charge in [-0.25, -0.2) is 4.79 Å². The highest BCUT2D eigenvalue weighted by atomic mass is 16.8. The predicted molar refractivity (Wildman–Crippen MR) is 121 cm³/mol. The van der Waals surface area contributed by atoms with Crippen LogP contribution in [0, 0.1) is 11.3 Å². The van der Waals surface area contributed by atoms with E-state index in [-0.39, 0.29) is 11.8 Å². The smallest absolute Gasteiger partial charge is 0.338 e. The van der Waals surface area contributed by atoms with Crippen molar-refractivity contribution < 1.29 is 23.9 Å². The molecule has 32 heavy (non-hydrogen) atoms. The van der Waals surface area contributed by atoms with E-state index in [0.29, 0.717) is 6.42 Å². The SMILES string of the molecule is CNC(=O)[C@@H](N1C(=O)[C@@H]([C@@H]2OC(C)(C)OC2=O)Cc2ccc3ccccc3c21)C(C)(C)C. The number of esters is 1. The first-order chi connectivity index (χ1) is 14.9. The third-order valence-corrected chi connectivity index (χ3v) is 6.15. The Labute approximate surface area is 188 Å². The predicted octanol–water partition coefficient (Wildman–Crippen LogP) is 3.18. The molecule has 7 nitrogen and oxygen atoms in total. The van der Waals surface area contributed by atoms with Gasteiger partial charge in [-0.3, -0.25) is 14.5 Å². The summed E-state index contributed by atoms with van der Waals surface area (Å²) < 4.78 is 11.2. The van der Waals surface area contributed by atoms with Gasteiger partial charge in [0.1, 0.15) is 6.04 Å². The number of anilines is 1. The first kappa shape index (κ1) is 22.3. The Morgan fingerprint density at radius 1 is 1.16 bits per heavy atom. The Morgan fingerprint density at radius 2 is 1.84 bits per heavy atom. The summed E-state index contributed by atoms with van der Waals surface area (Å²) in [4.78, 5) is 41.4. The molecule has 2 amide bonds. The Balaban J connectivity index is 1.93. The molecular weight excluding hydrogens is 408 g/mol. The van der Waals surface area contributed by atoms with Crippen molar-refractivity contribution >= 4 is 34.2 Å². The molecule has 7 heteroatoms. The Kier molecular flexibility index (Phi) is 5.28. The Hall–Kier alpha value is -2.93. The van der Waals surface area contributed by atoms with Crippen LogP contribution < -0.4 is 10.2 Å². The molecule has 2 aromatic carbocycles. The highest BCUT2D eigenvalue weighted by molar-refractivity contribution is 6.12. The quantitative estimate of drug-likeness (QED) is 0.744. The van der Waals surface area contributed by atoms with Gasteiger partial charge in [0.15, 0.2) is 6.10 Å². The second-order valence-corrected chi connectivity index (χ2v) is 10.1. The summed E-state index contributed by atoms with van der Waals surface area (Å²) in [5.74, 6) is -3.00. The van der Waals surface area contributed by atoms with E-state index in [0.717, 1.165) is 22.0 Å². The van der Waals surface area contributed by atoms with Crippen molar-refractivity contribution in [2.24, 2.45) is 11.3 Å². The zero-order valence-electron chi connectivity index (χ0n) is 19.4. The molecule has 0 aromatic heterocycles. The summed E-state index contributed by atoms with van der Waals surface area (Å²) in [6.45, 7) is 9.09. The molecule has 0 saturated carbocycles. The first-order valence-electron chi connectivity index (χ1n) is 10.9. The van der Waals surface area contributed by atoms with Crippen LogP contribution in [0.4, 0.5) is 5.69 Å². The molecule has 2 heterocycles. The summed E-state index contributed by atoms with van der Waals surface area (Å²) in [6, 6.07) is 11.0. The van der Waals surface area contributed by atoms with Crippen molar-refractivity contribution in [3.8, 4) is 0 Å². The number of nitrogens with one attached hydrogen (secondary N) is 1. The van der Waals surface area contributed by atoms with Crippen LogP contribution in [0.25, 0.3) is 10.8 Å². The molecule has 2 aromatic rings. The summed E-state index contributed by atoms with van der Waals surface area (Å²) >= 11 is 0. The molecule has 1 fully saturated rings. The van der Waals surface area contributed by atoms with Gasteiger partial charge in [-0.1, -0.05) is 57.2 Å². The lowest BCUT2D eigenvalue weighted by Gasteiger charge is -2.44. The number of cyclic esters (lactones) is 1. The molecule has 2 aliphatic heterocycles. The molecule has 0 aliphatic carbocycles. The topological polar surface area (TPSA) is 84.9 Å². The lowest BCUT2D eigenvalue weighted by molar-refractivity contribution is -0.162. The third kappa shape index (κ3) is 3.64. The number of carbonyl (C=O) groups is 3. The van der Waals surface area contributed by atoms with Crippen LogP contribution >= 0.6 is 0 Å². The van der Waals surface area contributed by atoms with E-state index in [9.17, 15) is 14.4 Å². The van der Waals surface area contributed by atoms with Crippen molar-refractivity contribution in [2.45, 2.75) is 59.0 Å². The van der Waals surface area contributed by atoms with E-state index in [1.54, 1.807) is 25.8 Å². The number of fused-ring (bicyclic) bond motifs is 3. The molecule has 0 unspecified atom stereocenters. The van der Waals surface area contributed by atoms with Crippen molar-refractivity contribution in [3.05, 3.63) is 42.0 Å². The molecule has 2 aliphatic rings. The minimum absolute atomic E-state index is 0.263. The molecule has 170 valence electrons. The number of hydrogen-bond donors (Lipinski definition) is 1. The van der Waals surface area contributed by atoms with E-state index >= 15 is 0 Å². The number of hydrogen-bond acceptors (Lipinski definition) is 5. The van der Waals surface area contributed by atoms with Gasteiger partial charge in [-0.15, -0.1) is 0 Å². The fourth-order valence-corrected chi connectivity index (χ4v) is 4.81. The van der Waals surface area contributed by atoms with E-state index in [1.807, 2.05) is 57.2 Å². The van der Waals surface area contributed by atoms with E-state index < -0.39 is 35.2 Å². The molecule has 0 radical (unpaired) electrons. The molecule has 1 saturated heterocycles. The van der Waals surface area contributed by atoms with E-state index in [2.05, 4.69) is 5.32 Å². The summed E-state index contributed by atoms with van der Waals surface area (Å²) in [5, 5.41) is 4.59. The monoisotopic (exact) mass is 438 g/mol. The maximum absolute atomic E-state index is 14.0.